The molecule has 0 saturated carbocycles. The van der Waals surface area contributed by atoms with Crippen LogP contribution in [0.25, 0.3) is 10.2 Å². The molecule has 2 aromatic carbocycles. The minimum Gasteiger partial charge on any atom is -0.375 e. The molecule has 0 amide bonds. The Balaban J connectivity index is 1.86. The van der Waals surface area contributed by atoms with Crippen molar-refractivity contribution < 1.29 is 0 Å². The molecule has 1 N–H and O–H groups in total. The van der Waals surface area contributed by atoms with E-state index < -0.39 is 0 Å². The van der Waals surface area contributed by atoms with Crippen molar-refractivity contribution in [2.45, 2.75) is 13.0 Å². The summed E-state index contributed by atoms with van der Waals surface area (Å²) in [5.74, 6) is 0. The van der Waals surface area contributed by atoms with E-state index in [1.54, 1.807) is 11.3 Å². The van der Waals surface area contributed by atoms with E-state index in [2.05, 4.69) is 45.9 Å². The average molecular weight is 415 g/mol. The molecule has 1 aromatic heterocycles. The molecular formula is C15H12ClIN2S. The van der Waals surface area contributed by atoms with E-state index in [9.17, 15) is 0 Å². The maximum absolute atomic E-state index is 6.26. The van der Waals surface area contributed by atoms with E-state index >= 15 is 0 Å². The van der Waals surface area contributed by atoms with Gasteiger partial charge in [-0.2, -0.15) is 0 Å². The van der Waals surface area contributed by atoms with Crippen molar-refractivity contribution in [3.8, 4) is 0 Å². The zero-order valence-corrected chi connectivity index (χ0v) is 14.5. The minimum absolute atomic E-state index is 0.130. The lowest BCUT2D eigenvalue weighted by Crippen LogP contribution is -2.06. The van der Waals surface area contributed by atoms with Crippen LogP contribution in [0.3, 0.4) is 0 Å². The number of nitrogens with zero attached hydrogens (tertiary/aromatic N) is 1. The molecule has 0 aliphatic carbocycles. The van der Waals surface area contributed by atoms with Crippen molar-refractivity contribution in [3.63, 3.8) is 0 Å². The standard InChI is InChI=1S/C15H12ClIN2S/c1-9(18-12-7-6-10(17)8-11(12)16)15-19-13-4-2-3-5-14(13)20-15/h2-9,18H,1H3. The molecule has 102 valence electrons. The van der Waals surface area contributed by atoms with Crippen LogP contribution in [0, 0.1) is 3.57 Å². The number of anilines is 1. The Hall–Kier alpha value is -0.850. The van der Waals surface area contributed by atoms with Gasteiger partial charge in [-0.15, -0.1) is 11.3 Å². The van der Waals surface area contributed by atoms with Gasteiger partial charge in [0.1, 0.15) is 5.01 Å². The van der Waals surface area contributed by atoms with Crippen LogP contribution >= 0.6 is 45.5 Å². The Morgan fingerprint density at radius 1 is 1.25 bits per heavy atom. The zero-order valence-electron chi connectivity index (χ0n) is 10.7. The summed E-state index contributed by atoms with van der Waals surface area (Å²) in [6, 6.07) is 14.3. The van der Waals surface area contributed by atoms with Gasteiger partial charge in [0.2, 0.25) is 0 Å². The number of rotatable bonds is 3. The molecule has 1 atom stereocenters. The fraction of sp³-hybridized carbons (Fsp3) is 0.133. The predicted molar refractivity (Wildman–Crippen MR) is 95.8 cm³/mol. The first-order chi connectivity index (χ1) is 9.63. The van der Waals surface area contributed by atoms with Crippen molar-refractivity contribution in [2.75, 3.05) is 5.32 Å². The number of fused-ring (bicyclic) bond motifs is 1. The highest BCUT2D eigenvalue weighted by molar-refractivity contribution is 14.1. The molecule has 0 aliphatic rings. The number of aromatic nitrogens is 1. The predicted octanol–water partition coefficient (Wildman–Crippen LogP) is 5.73. The topological polar surface area (TPSA) is 24.9 Å². The first-order valence-corrected chi connectivity index (χ1v) is 8.48. The van der Waals surface area contributed by atoms with Gasteiger partial charge in [-0.1, -0.05) is 23.7 Å². The summed E-state index contributed by atoms with van der Waals surface area (Å²) in [5, 5.41) is 5.24. The van der Waals surface area contributed by atoms with Crippen LogP contribution in [0.1, 0.15) is 18.0 Å². The molecule has 0 bridgehead atoms. The van der Waals surface area contributed by atoms with E-state index in [4.69, 9.17) is 11.6 Å². The van der Waals surface area contributed by atoms with Crippen molar-refractivity contribution in [3.05, 3.63) is 56.1 Å². The third-order valence-corrected chi connectivity index (χ3v) is 5.19. The average Bonchev–Trinajstić information content (AvgIpc) is 2.86. The summed E-state index contributed by atoms with van der Waals surface area (Å²) in [4.78, 5) is 4.67. The summed E-state index contributed by atoms with van der Waals surface area (Å²) >= 11 is 10.2. The number of para-hydroxylation sites is 1. The zero-order chi connectivity index (χ0) is 14.1. The van der Waals surface area contributed by atoms with E-state index in [0.29, 0.717) is 0 Å². The van der Waals surface area contributed by atoms with Gasteiger partial charge in [0.25, 0.3) is 0 Å². The first kappa shape index (κ1) is 14.1. The lowest BCUT2D eigenvalue weighted by molar-refractivity contribution is 0.874. The lowest BCUT2D eigenvalue weighted by Gasteiger charge is -2.14. The second kappa shape index (κ2) is 5.87. The number of hydrogen-bond donors (Lipinski definition) is 1. The smallest absolute Gasteiger partial charge is 0.116 e. The third-order valence-electron chi connectivity index (χ3n) is 2.98. The van der Waals surface area contributed by atoms with Gasteiger partial charge in [0.05, 0.1) is 27.0 Å². The van der Waals surface area contributed by atoms with Crippen LogP contribution in [-0.4, -0.2) is 4.98 Å². The van der Waals surface area contributed by atoms with Crippen molar-refractivity contribution in [1.29, 1.82) is 0 Å². The molecule has 1 heterocycles. The highest BCUT2D eigenvalue weighted by Crippen LogP contribution is 2.31. The van der Waals surface area contributed by atoms with Crippen LogP contribution in [0.15, 0.2) is 42.5 Å². The number of thiazole rings is 1. The van der Waals surface area contributed by atoms with Crippen LogP contribution in [0.5, 0.6) is 0 Å². The van der Waals surface area contributed by atoms with Gasteiger partial charge in [-0.3, -0.25) is 0 Å². The molecule has 0 saturated heterocycles. The number of halogens is 2. The molecule has 0 fully saturated rings. The van der Waals surface area contributed by atoms with Crippen molar-refractivity contribution in [2.24, 2.45) is 0 Å². The molecule has 3 aromatic rings. The number of hydrogen-bond acceptors (Lipinski definition) is 3. The van der Waals surface area contributed by atoms with Crippen LogP contribution in [0.2, 0.25) is 5.02 Å². The monoisotopic (exact) mass is 414 g/mol. The van der Waals surface area contributed by atoms with Crippen LogP contribution in [0.4, 0.5) is 5.69 Å². The third kappa shape index (κ3) is 2.92. The Morgan fingerprint density at radius 3 is 2.80 bits per heavy atom. The molecular weight excluding hydrogens is 403 g/mol. The van der Waals surface area contributed by atoms with Gasteiger partial charge in [-0.25, -0.2) is 4.98 Å². The fourth-order valence-corrected chi connectivity index (χ4v) is 3.86. The van der Waals surface area contributed by atoms with Crippen molar-refractivity contribution >= 4 is 61.4 Å². The largest absolute Gasteiger partial charge is 0.375 e. The quantitative estimate of drug-likeness (QED) is 0.554. The summed E-state index contributed by atoms with van der Waals surface area (Å²) in [7, 11) is 0. The molecule has 0 aliphatic heterocycles. The Bertz CT molecular complexity index is 723. The van der Waals surface area contributed by atoms with Gasteiger partial charge in [0.15, 0.2) is 0 Å². The molecule has 1 unspecified atom stereocenters. The van der Waals surface area contributed by atoms with Gasteiger partial charge in [0, 0.05) is 3.57 Å². The molecule has 0 spiro atoms. The highest BCUT2D eigenvalue weighted by atomic mass is 127. The minimum atomic E-state index is 0.130. The highest BCUT2D eigenvalue weighted by Gasteiger charge is 2.12. The Morgan fingerprint density at radius 2 is 2.05 bits per heavy atom. The van der Waals surface area contributed by atoms with Gasteiger partial charge >= 0.3 is 0 Å². The van der Waals surface area contributed by atoms with Crippen molar-refractivity contribution in [1.82, 2.24) is 4.98 Å². The second-order valence-electron chi connectivity index (χ2n) is 4.51. The first-order valence-electron chi connectivity index (χ1n) is 6.20. The SMILES string of the molecule is CC(Nc1ccc(I)cc1Cl)c1nc2ccccc2s1. The molecule has 5 heteroatoms. The molecule has 20 heavy (non-hydrogen) atoms. The van der Waals surface area contributed by atoms with E-state index in [-0.39, 0.29) is 6.04 Å². The molecule has 2 nitrogen and oxygen atoms in total. The summed E-state index contributed by atoms with van der Waals surface area (Å²) < 4.78 is 2.34. The van der Waals surface area contributed by atoms with E-state index in [1.807, 2.05) is 36.4 Å². The number of benzene rings is 2. The summed E-state index contributed by atoms with van der Waals surface area (Å²) in [6.45, 7) is 2.10. The van der Waals surface area contributed by atoms with Crippen LogP contribution in [-0.2, 0) is 0 Å². The van der Waals surface area contributed by atoms with Crippen LogP contribution < -0.4 is 5.32 Å². The maximum Gasteiger partial charge on any atom is 0.116 e. The van der Waals surface area contributed by atoms with Gasteiger partial charge < -0.3 is 5.32 Å². The fourth-order valence-electron chi connectivity index (χ4n) is 1.98. The lowest BCUT2D eigenvalue weighted by atomic mass is 10.2. The molecule has 0 radical (unpaired) electrons. The van der Waals surface area contributed by atoms with Gasteiger partial charge in [-0.05, 0) is 59.8 Å². The second-order valence-corrected chi connectivity index (χ2v) is 7.23. The normalized spacial score (nSPS) is 12.6. The van der Waals surface area contributed by atoms with E-state index in [1.165, 1.54) is 4.70 Å². The molecule has 3 rings (SSSR count). The summed E-state index contributed by atoms with van der Waals surface area (Å²) in [5.41, 5.74) is 1.99. The Labute approximate surface area is 140 Å². The van der Waals surface area contributed by atoms with E-state index in [0.717, 1.165) is 24.8 Å². The number of nitrogens with one attached hydrogen (secondary N) is 1. The maximum atomic E-state index is 6.26. The Kier molecular flexibility index (Phi) is 4.14. The summed E-state index contributed by atoms with van der Waals surface area (Å²) in [6.07, 6.45) is 0.